The van der Waals surface area contributed by atoms with E-state index < -0.39 is 0 Å². The first-order chi connectivity index (χ1) is 11.1. The van der Waals surface area contributed by atoms with Gasteiger partial charge in [0.15, 0.2) is 0 Å². The van der Waals surface area contributed by atoms with Gasteiger partial charge < -0.3 is 4.90 Å². The Morgan fingerprint density at radius 1 is 1.17 bits per heavy atom. The van der Waals surface area contributed by atoms with Crippen molar-refractivity contribution in [3.63, 3.8) is 0 Å². The molecule has 3 heterocycles. The van der Waals surface area contributed by atoms with Crippen LogP contribution in [0.2, 0.25) is 0 Å². The molecule has 0 unspecified atom stereocenters. The number of rotatable bonds is 4. The van der Waals surface area contributed by atoms with E-state index in [1.165, 1.54) is 12.8 Å². The lowest BCUT2D eigenvalue weighted by atomic mass is 9.99. The van der Waals surface area contributed by atoms with Crippen molar-refractivity contribution in [2.45, 2.75) is 33.2 Å². The Bertz CT molecular complexity index is 516. The van der Waals surface area contributed by atoms with Gasteiger partial charge in [0, 0.05) is 38.1 Å². The van der Waals surface area contributed by atoms with Crippen molar-refractivity contribution >= 4 is 17.2 Å². The molecule has 0 radical (unpaired) electrons. The molecule has 0 spiro atoms. The summed E-state index contributed by atoms with van der Waals surface area (Å²) < 4.78 is 0. The monoisotopic (exact) mass is 336 g/mol. The summed E-state index contributed by atoms with van der Waals surface area (Å²) in [7, 11) is 0. The van der Waals surface area contributed by atoms with Gasteiger partial charge in [0.2, 0.25) is 5.91 Å². The van der Waals surface area contributed by atoms with E-state index in [9.17, 15) is 4.79 Å². The molecule has 5 nitrogen and oxygen atoms in total. The molecule has 0 aromatic carbocycles. The maximum atomic E-state index is 12.5. The summed E-state index contributed by atoms with van der Waals surface area (Å²) >= 11 is 1.71. The maximum absolute atomic E-state index is 12.5. The summed E-state index contributed by atoms with van der Waals surface area (Å²) in [4.78, 5) is 23.8. The number of likely N-dealkylation sites (tertiary alicyclic amines) is 1. The molecule has 3 rings (SSSR count). The van der Waals surface area contributed by atoms with Crippen molar-refractivity contribution in [1.29, 1.82) is 0 Å². The molecule has 0 saturated carbocycles. The topological polar surface area (TPSA) is 39.7 Å². The highest BCUT2D eigenvalue weighted by atomic mass is 32.1. The number of thiazole rings is 1. The minimum absolute atomic E-state index is 0.309. The van der Waals surface area contributed by atoms with E-state index in [2.05, 4.69) is 27.1 Å². The van der Waals surface area contributed by atoms with Crippen LogP contribution >= 0.6 is 11.3 Å². The highest BCUT2D eigenvalue weighted by molar-refractivity contribution is 7.09. The van der Waals surface area contributed by atoms with Crippen LogP contribution in [-0.2, 0) is 11.3 Å². The van der Waals surface area contributed by atoms with Gasteiger partial charge >= 0.3 is 0 Å². The van der Waals surface area contributed by atoms with E-state index in [0.29, 0.717) is 12.5 Å². The Balaban J connectivity index is 1.40. The lowest BCUT2D eigenvalue weighted by Crippen LogP contribution is -2.51. The van der Waals surface area contributed by atoms with Crippen molar-refractivity contribution in [1.82, 2.24) is 19.7 Å². The molecule has 1 amide bonds. The molecular formula is C17H28N4OS. The van der Waals surface area contributed by atoms with E-state index in [4.69, 9.17) is 0 Å². The Kier molecular flexibility index (Phi) is 5.67. The van der Waals surface area contributed by atoms with E-state index >= 15 is 0 Å². The number of carbonyl (C=O) groups is 1. The van der Waals surface area contributed by atoms with Gasteiger partial charge in [-0.2, -0.15) is 0 Å². The average Bonchev–Trinajstić information content (AvgIpc) is 2.95. The average molecular weight is 337 g/mol. The Labute approximate surface area is 143 Å². The molecule has 0 atom stereocenters. The van der Waals surface area contributed by atoms with Crippen LogP contribution in [0.15, 0.2) is 5.38 Å². The fourth-order valence-corrected chi connectivity index (χ4v) is 3.98. The number of carbonyl (C=O) groups excluding carboxylic acids is 1. The van der Waals surface area contributed by atoms with Gasteiger partial charge in [0.1, 0.15) is 0 Å². The van der Waals surface area contributed by atoms with E-state index in [0.717, 1.165) is 62.4 Å². The van der Waals surface area contributed by atoms with Gasteiger partial charge in [-0.25, -0.2) is 4.98 Å². The smallest absolute Gasteiger partial charge is 0.236 e. The second kappa shape index (κ2) is 7.73. The van der Waals surface area contributed by atoms with Crippen molar-refractivity contribution in [3.8, 4) is 0 Å². The minimum atomic E-state index is 0.309. The third-order valence-corrected chi connectivity index (χ3v) is 5.83. The molecule has 0 N–H and O–H groups in total. The van der Waals surface area contributed by atoms with Crippen molar-refractivity contribution in [2.24, 2.45) is 5.92 Å². The first-order valence-electron chi connectivity index (χ1n) is 8.73. The molecule has 2 fully saturated rings. The Morgan fingerprint density at radius 3 is 2.48 bits per heavy atom. The van der Waals surface area contributed by atoms with Crippen LogP contribution in [0.3, 0.4) is 0 Å². The van der Waals surface area contributed by atoms with Crippen LogP contribution in [0.1, 0.15) is 30.5 Å². The zero-order chi connectivity index (χ0) is 16.2. The van der Waals surface area contributed by atoms with Crippen molar-refractivity contribution in [3.05, 3.63) is 16.1 Å². The molecule has 128 valence electrons. The number of piperidine rings is 1. The number of hydrogen-bond donors (Lipinski definition) is 0. The maximum Gasteiger partial charge on any atom is 0.236 e. The van der Waals surface area contributed by atoms with Crippen LogP contribution in [0.25, 0.3) is 0 Å². The number of amides is 1. The molecule has 0 bridgehead atoms. The van der Waals surface area contributed by atoms with E-state index in [1.807, 2.05) is 11.8 Å². The zero-order valence-electron chi connectivity index (χ0n) is 14.3. The zero-order valence-corrected chi connectivity index (χ0v) is 15.1. The predicted molar refractivity (Wildman–Crippen MR) is 93.5 cm³/mol. The first-order valence-corrected chi connectivity index (χ1v) is 9.61. The molecule has 2 saturated heterocycles. The number of nitrogens with zero attached hydrogens (tertiary/aromatic N) is 4. The van der Waals surface area contributed by atoms with Gasteiger partial charge in [0.25, 0.3) is 0 Å². The lowest BCUT2D eigenvalue weighted by Gasteiger charge is -2.36. The summed E-state index contributed by atoms with van der Waals surface area (Å²) in [6.07, 6.45) is 2.46. The summed E-state index contributed by atoms with van der Waals surface area (Å²) in [5, 5.41) is 3.27. The van der Waals surface area contributed by atoms with Gasteiger partial charge in [-0.1, -0.05) is 6.92 Å². The van der Waals surface area contributed by atoms with Gasteiger partial charge in [-0.15, -0.1) is 11.3 Å². The highest BCUT2D eigenvalue weighted by Gasteiger charge is 2.24. The lowest BCUT2D eigenvalue weighted by molar-refractivity contribution is -0.134. The minimum Gasteiger partial charge on any atom is -0.339 e. The fourth-order valence-electron chi connectivity index (χ4n) is 3.38. The summed E-state index contributed by atoms with van der Waals surface area (Å²) in [5.41, 5.74) is 1.16. The molecule has 1 aromatic rings. The number of piperazine rings is 1. The molecule has 0 aliphatic carbocycles. The molecule has 6 heteroatoms. The molecule has 2 aliphatic heterocycles. The largest absolute Gasteiger partial charge is 0.339 e. The third-order valence-electron chi connectivity index (χ3n) is 5.01. The quantitative estimate of drug-likeness (QED) is 0.841. The number of aryl methyl sites for hydroxylation is 1. The summed E-state index contributed by atoms with van der Waals surface area (Å²) in [5.74, 6) is 1.13. The van der Waals surface area contributed by atoms with E-state index in [1.54, 1.807) is 11.3 Å². The number of aromatic nitrogens is 1. The fraction of sp³-hybridized carbons (Fsp3) is 0.765. The highest BCUT2D eigenvalue weighted by Crippen LogP contribution is 2.16. The third kappa shape index (κ3) is 4.75. The van der Waals surface area contributed by atoms with Crippen LogP contribution < -0.4 is 0 Å². The van der Waals surface area contributed by atoms with E-state index in [-0.39, 0.29) is 0 Å². The summed E-state index contributed by atoms with van der Waals surface area (Å²) in [6.45, 7) is 11.7. The van der Waals surface area contributed by atoms with Crippen LogP contribution in [0.5, 0.6) is 0 Å². The predicted octanol–water partition coefficient (Wildman–Crippen LogP) is 1.83. The molecule has 1 aromatic heterocycles. The van der Waals surface area contributed by atoms with Crippen molar-refractivity contribution in [2.75, 3.05) is 45.8 Å². The normalized spacial score (nSPS) is 21.7. The molecule has 2 aliphatic rings. The molecule has 23 heavy (non-hydrogen) atoms. The number of hydrogen-bond acceptors (Lipinski definition) is 5. The van der Waals surface area contributed by atoms with Crippen molar-refractivity contribution < 1.29 is 4.79 Å². The van der Waals surface area contributed by atoms with Crippen LogP contribution in [0, 0.1) is 12.8 Å². The van der Waals surface area contributed by atoms with Crippen LogP contribution in [-0.4, -0.2) is 71.4 Å². The van der Waals surface area contributed by atoms with Crippen LogP contribution in [0.4, 0.5) is 0 Å². The SMILES string of the molecule is Cc1nc(CN2CCN(C(=O)CN3CCC(C)CC3)CC2)cs1. The van der Waals surface area contributed by atoms with Gasteiger partial charge in [-0.05, 0) is 38.8 Å². The Hall–Kier alpha value is -0.980. The second-order valence-electron chi connectivity index (χ2n) is 6.97. The summed E-state index contributed by atoms with van der Waals surface area (Å²) in [6, 6.07) is 0. The standard InChI is InChI=1S/C17H28N4OS/c1-14-3-5-19(6-4-14)12-17(22)21-9-7-20(8-10-21)11-16-13-23-15(2)18-16/h13-14H,3-12H2,1-2H3. The second-order valence-corrected chi connectivity index (χ2v) is 8.04. The Morgan fingerprint density at radius 2 is 1.87 bits per heavy atom. The first kappa shape index (κ1) is 16.9. The van der Waals surface area contributed by atoms with Gasteiger partial charge in [-0.3, -0.25) is 14.6 Å². The van der Waals surface area contributed by atoms with Gasteiger partial charge in [0.05, 0.1) is 17.2 Å². The molecular weight excluding hydrogens is 308 g/mol.